The van der Waals surface area contributed by atoms with Gasteiger partial charge in [-0.25, -0.2) is 9.37 Å². The predicted octanol–water partition coefficient (Wildman–Crippen LogP) is 2.95. The van der Waals surface area contributed by atoms with E-state index in [1.54, 1.807) is 24.7 Å². The van der Waals surface area contributed by atoms with E-state index < -0.39 is 6.10 Å². The number of aliphatic hydroxyl groups is 1. The van der Waals surface area contributed by atoms with Gasteiger partial charge in [0.25, 0.3) is 0 Å². The second-order valence-corrected chi connectivity index (χ2v) is 7.75. The Hall–Kier alpha value is -1.76. The summed E-state index contributed by atoms with van der Waals surface area (Å²) < 4.78 is 13.7. The molecule has 0 radical (unpaired) electrons. The molecule has 5 nitrogen and oxygen atoms in total. The zero-order chi connectivity index (χ0) is 18.1. The van der Waals surface area contributed by atoms with E-state index in [0.717, 1.165) is 31.5 Å². The third-order valence-corrected chi connectivity index (χ3v) is 5.81. The minimum absolute atomic E-state index is 0.0131. The van der Waals surface area contributed by atoms with Crippen molar-refractivity contribution in [2.45, 2.75) is 31.5 Å². The molecule has 1 saturated carbocycles. The van der Waals surface area contributed by atoms with Crippen LogP contribution in [0.15, 0.2) is 36.8 Å². The maximum Gasteiger partial charge on any atom is 0.144 e. The molecule has 2 aromatic rings. The van der Waals surface area contributed by atoms with Crippen molar-refractivity contribution in [2.24, 2.45) is 11.8 Å². The smallest absolute Gasteiger partial charge is 0.144 e. The summed E-state index contributed by atoms with van der Waals surface area (Å²) in [5.41, 5.74) is 0.931. The molecule has 0 bridgehead atoms. The molecule has 138 valence electrons. The lowest BCUT2D eigenvalue weighted by Gasteiger charge is -2.35. The Morgan fingerprint density at radius 3 is 2.77 bits per heavy atom. The summed E-state index contributed by atoms with van der Waals surface area (Å²) in [5.74, 6) is 1.32. The quantitative estimate of drug-likeness (QED) is 0.859. The van der Waals surface area contributed by atoms with Crippen LogP contribution < -0.4 is 5.32 Å². The molecule has 2 aliphatic rings. The van der Waals surface area contributed by atoms with Crippen LogP contribution in [0, 0.1) is 17.7 Å². The molecule has 4 rings (SSSR count). The first-order chi connectivity index (χ1) is 12.6. The Kier molecular flexibility index (Phi) is 5.07. The number of rotatable bonds is 4. The lowest BCUT2D eigenvalue weighted by Crippen LogP contribution is -2.43. The summed E-state index contributed by atoms with van der Waals surface area (Å²) in [7, 11) is 0. The van der Waals surface area contributed by atoms with Gasteiger partial charge in [-0.1, -0.05) is 17.7 Å². The van der Waals surface area contributed by atoms with Crippen LogP contribution in [0.1, 0.15) is 18.4 Å². The molecule has 1 aromatic heterocycles. The van der Waals surface area contributed by atoms with Gasteiger partial charge in [0.2, 0.25) is 0 Å². The van der Waals surface area contributed by atoms with E-state index in [1.807, 2.05) is 6.07 Å². The van der Waals surface area contributed by atoms with Gasteiger partial charge in [0, 0.05) is 32.0 Å². The van der Waals surface area contributed by atoms with Crippen LogP contribution in [0.4, 0.5) is 10.2 Å². The van der Waals surface area contributed by atoms with E-state index >= 15 is 0 Å². The second kappa shape index (κ2) is 7.47. The summed E-state index contributed by atoms with van der Waals surface area (Å²) in [6, 6.07) is 4.99. The molecule has 1 aliphatic carbocycles. The Morgan fingerprint density at radius 1 is 1.23 bits per heavy atom. The summed E-state index contributed by atoms with van der Waals surface area (Å²) in [6.45, 7) is 2.60. The van der Waals surface area contributed by atoms with Crippen molar-refractivity contribution in [2.75, 3.05) is 18.4 Å². The molecular weight excluding hydrogens is 355 g/mol. The number of nitrogens with one attached hydrogen (secondary N) is 1. The highest BCUT2D eigenvalue weighted by Gasteiger charge is 2.41. The monoisotopic (exact) mass is 376 g/mol. The van der Waals surface area contributed by atoms with Gasteiger partial charge >= 0.3 is 0 Å². The number of anilines is 1. The normalized spacial score (nSPS) is 28.7. The molecule has 2 heterocycles. The number of hydrogen-bond donors (Lipinski definition) is 2. The number of aromatic nitrogens is 2. The van der Waals surface area contributed by atoms with Crippen molar-refractivity contribution in [1.82, 2.24) is 14.9 Å². The highest BCUT2D eigenvalue weighted by molar-refractivity contribution is 6.30. The van der Waals surface area contributed by atoms with Gasteiger partial charge in [-0.05, 0) is 42.4 Å². The van der Waals surface area contributed by atoms with Gasteiger partial charge in [0.1, 0.15) is 11.6 Å². The fraction of sp³-hybridized carbons (Fsp3) is 0.474. The first kappa shape index (κ1) is 17.6. The number of hydrogen-bond acceptors (Lipinski definition) is 5. The van der Waals surface area contributed by atoms with E-state index in [0.29, 0.717) is 24.2 Å². The first-order valence-corrected chi connectivity index (χ1v) is 9.33. The molecule has 7 heteroatoms. The maximum atomic E-state index is 13.7. The SMILES string of the molecule is O[C@@H]1C[C@H]2CN(Cc3ccc(Cl)c(F)c3)C[C@H]2C[C@H]1Nc1cnccn1. The Balaban J connectivity index is 1.38. The Labute approximate surface area is 157 Å². The van der Waals surface area contributed by atoms with Gasteiger partial charge in [0.15, 0.2) is 0 Å². The van der Waals surface area contributed by atoms with Crippen LogP contribution in [0.2, 0.25) is 5.02 Å². The summed E-state index contributed by atoms with van der Waals surface area (Å²) in [6.07, 6.45) is 6.22. The average molecular weight is 377 g/mol. The van der Waals surface area contributed by atoms with Crippen molar-refractivity contribution in [3.63, 3.8) is 0 Å². The van der Waals surface area contributed by atoms with Crippen molar-refractivity contribution < 1.29 is 9.50 Å². The summed E-state index contributed by atoms with van der Waals surface area (Å²) in [4.78, 5) is 10.6. The number of likely N-dealkylation sites (tertiary alicyclic amines) is 1. The van der Waals surface area contributed by atoms with Crippen LogP contribution in [-0.2, 0) is 6.54 Å². The molecule has 0 spiro atoms. The number of nitrogens with zero attached hydrogens (tertiary/aromatic N) is 3. The van der Waals surface area contributed by atoms with Gasteiger partial charge in [-0.2, -0.15) is 0 Å². The third kappa shape index (κ3) is 3.82. The van der Waals surface area contributed by atoms with Crippen LogP contribution >= 0.6 is 11.6 Å². The van der Waals surface area contributed by atoms with E-state index in [4.69, 9.17) is 11.6 Å². The fourth-order valence-corrected chi connectivity index (χ4v) is 4.39. The van der Waals surface area contributed by atoms with Crippen LogP contribution in [0.5, 0.6) is 0 Å². The second-order valence-electron chi connectivity index (χ2n) is 7.34. The number of aliphatic hydroxyl groups excluding tert-OH is 1. The van der Waals surface area contributed by atoms with E-state index in [9.17, 15) is 9.50 Å². The van der Waals surface area contributed by atoms with Gasteiger partial charge < -0.3 is 10.4 Å². The molecule has 1 aliphatic heterocycles. The van der Waals surface area contributed by atoms with Crippen molar-refractivity contribution in [3.05, 3.63) is 53.2 Å². The number of fused-ring (bicyclic) bond motifs is 1. The lowest BCUT2D eigenvalue weighted by molar-refractivity contribution is 0.0735. The Bertz CT molecular complexity index is 762. The van der Waals surface area contributed by atoms with E-state index in [1.165, 1.54) is 6.07 Å². The zero-order valence-corrected chi connectivity index (χ0v) is 15.1. The van der Waals surface area contributed by atoms with Crippen molar-refractivity contribution in [1.29, 1.82) is 0 Å². The number of benzene rings is 1. The molecule has 2 N–H and O–H groups in total. The lowest BCUT2D eigenvalue weighted by atomic mass is 9.77. The molecule has 2 fully saturated rings. The molecule has 26 heavy (non-hydrogen) atoms. The van der Waals surface area contributed by atoms with E-state index in [2.05, 4.69) is 20.2 Å². The number of halogens is 2. The van der Waals surface area contributed by atoms with Crippen LogP contribution in [0.3, 0.4) is 0 Å². The Morgan fingerprint density at radius 2 is 2.04 bits per heavy atom. The fourth-order valence-electron chi connectivity index (χ4n) is 4.27. The van der Waals surface area contributed by atoms with Gasteiger partial charge in [-0.3, -0.25) is 9.88 Å². The van der Waals surface area contributed by atoms with E-state index in [-0.39, 0.29) is 16.9 Å². The maximum absolute atomic E-state index is 13.7. The van der Waals surface area contributed by atoms with Gasteiger partial charge in [0.05, 0.1) is 23.4 Å². The molecule has 0 amide bonds. The highest BCUT2D eigenvalue weighted by atomic mass is 35.5. The highest BCUT2D eigenvalue weighted by Crippen LogP contribution is 2.38. The standard InChI is InChI=1S/C19H22ClFN4O/c20-15-2-1-12(5-16(15)21)9-25-10-13-6-17(18(26)7-14(13)11-25)24-19-8-22-3-4-23-19/h1-5,8,13-14,17-18,26H,6-7,9-11H2,(H,23,24)/t13-,14+,17-,18-/m1/s1. The molecule has 4 atom stereocenters. The summed E-state index contributed by atoms with van der Waals surface area (Å²) in [5, 5.41) is 14.0. The topological polar surface area (TPSA) is 61.3 Å². The zero-order valence-electron chi connectivity index (χ0n) is 14.4. The largest absolute Gasteiger partial charge is 0.391 e. The van der Waals surface area contributed by atoms with Crippen molar-refractivity contribution in [3.8, 4) is 0 Å². The molecule has 1 aromatic carbocycles. The minimum atomic E-state index is -0.397. The van der Waals surface area contributed by atoms with Crippen LogP contribution in [0.25, 0.3) is 0 Å². The van der Waals surface area contributed by atoms with Gasteiger partial charge in [-0.15, -0.1) is 0 Å². The minimum Gasteiger partial charge on any atom is -0.391 e. The predicted molar refractivity (Wildman–Crippen MR) is 98.4 cm³/mol. The average Bonchev–Trinajstić information content (AvgIpc) is 3.00. The van der Waals surface area contributed by atoms with Crippen molar-refractivity contribution >= 4 is 17.4 Å². The molecular formula is C19H22ClFN4O. The third-order valence-electron chi connectivity index (χ3n) is 5.50. The first-order valence-electron chi connectivity index (χ1n) is 8.95. The summed E-state index contributed by atoms with van der Waals surface area (Å²) >= 11 is 5.76. The molecule has 1 saturated heterocycles. The van der Waals surface area contributed by atoms with Crippen LogP contribution in [-0.4, -0.2) is 45.2 Å². The molecule has 0 unspecified atom stereocenters.